The Labute approximate surface area is 188 Å². The van der Waals surface area contributed by atoms with Crippen LogP contribution in [0.3, 0.4) is 0 Å². The average molecular weight is 520 g/mol. The van der Waals surface area contributed by atoms with E-state index in [9.17, 15) is 27.2 Å². The highest BCUT2D eigenvalue weighted by molar-refractivity contribution is 9.10. The van der Waals surface area contributed by atoms with E-state index in [1.807, 2.05) is 0 Å². The van der Waals surface area contributed by atoms with Crippen molar-refractivity contribution in [3.05, 3.63) is 52.1 Å². The van der Waals surface area contributed by atoms with Crippen LogP contribution in [0.25, 0.3) is 0 Å². The van der Waals surface area contributed by atoms with E-state index in [1.54, 1.807) is 0 Å². The number of amides is 2. The minimum Gasteiger partial charge on any atom is -0.471 e. The Morgan fingerprint density at radius 1 is 1.25 bits per heavy atom. The molecule has 1 aliphatic heterocycles. The molecule has 1 saturated heterocycles. The number of carbonyl (C=O) groups excluding carboxylic acids is 2. The fraction of sp³-hybridized carbons (Fsp3) is 0.350. The molecular weight excluding hydrogens is 502 g/mol. The number of pyridine rings is 1. The number of aromatic nitrogens is 1. The van der Waals surface area contributed by atoms with Crippen molar-refractivity contribution < 1.29 is 36.6 Å². The second-order valence-corrected chi connectivity index (χ2v) is 7.96. The van der Waals surface area contributed by atoms with Crippen molar-refractivity contribution in [1.82, 2.24) is 9.88 Å². The number of carbonyl (C=O) groups is 2. The van der Waals surface area contributed by atoms with Crippen LogP contribution in [0, 0.1) is 0 Å². The second kappa shape index (κ2) is 9.72. The summed E-state index contributed by atoms with van der Waals surface area (Å²) in [6.45, 7) is -0.0389. The Kier molecular flexibility index (Phi) is 7.22. The third-order valence-corrected chi connectivity index (χ3v) is 5.13. The Morgan fingerprint density at radius 3 is 2.53 bits per heavy atom. The van der Waals surface area contributed by atoms with Crippen LogP contribution in [0.4, 0.5) is 17.6 Å². The molecule has 2 N–H and O–H groups in total. The predicted molar refractivity (Wildman–Crippen MR) is 108 cm³/mol. The van der Waals surface area contributed by atoms with Gasteiger partial charge < -0.3 is 20.1 Å². The van der Waals surface area contributed by atoms with E-state index < -0.39 is 30.3 Å². The third-order valence-electron chi connectivity index (χ3n) is 4.69. The van der Waals surface area contributed by atoms with Gasteiger partial charge in [-0.15, -0.1) is 13.2 Å². The van der Waals surface area contributed by atoms with Crippen LogP contribution < -0.4 is 15.2 Å². The number of rotatable bonds is 6. The lowest BCUT2D eigenvalue weighted by Gasteiger charge is -2.34. The lowest BCUT2D eigenvalue weighted by molar-refractivity contribution is -0.274. The number of benzene rings is 1. The van der Waals surface area contributed by atoms with E-state index in [4.69, 9.17) is 10.5 Å². The molecule has 3 rings (SSSR count). The molecule has 1 aromatic carbocycles. The van der Waals surface area contributed by atoms with Gasteiger partial charge in [-0.3, -0.25) is 9.59 Å². The summed E-state index contributed by atoms with van der Waals surface area (Å²) in [5.74, 6) is -1.64. The average Bonchev–Trinajstić information content (AvgIpc) is 2.70. The summed E-state index contributed by atoms with van der Waals surface area (Å²) >= 11 is 3.17. The summed E-state index contributed by atoms with van der Waals surface area (Å²) < 4.78 is 61.2. The Balaban J connectivity index is 1.57. The number of hydrogen-bond acceptors (Lipinski definition) is 5. The van der Waals surface area contributed by atoms with Crippen molar-refractivity contribution >= 4 is 27.7 Å². The van der Waals surface area contributed by atoms with E-state index in [-0.39, 0.29) is 43.3 Å². The van der Waals surface area contributed by atoms with Crippen molar-refractivity contribution in [3.8, 4) is 11.6 Å². The van der Waals surface area contributed by atoms with Crippen molar-refractivity contribution in [2.45, 2.75) is 31.5 Å². The van der Waals surface area contributed by atoms with Gasteiger partial charge in [0.15, 0.2) is 6.17 Å². The normalized spacial score (nSPS) is 18.8. The summed E-state index contributed by atoms with van der Waals surface area (Å²) in [6, 6.07) is 6.31. The fourth-order valence-electron chi connectivity index (χ4n) is 3.18. The molecule has 0 spiro atoms. The van der Waals surface area contributed by atoms with Gasteiger partial charge in [0, 0.05) is 23.6 Å². The molecule has 1 aromatic heterocycles. The highest BCUT2D eigenvalue weighted by atomic mass is 79.9. The zero-order chi connectivity index (χ0) is 23.5. The van der Waals surface area contributed by atoms with Crippen LogP contribution in [0.15, 0.2) is 41.0 Å². The molecule has 2 amide bonds. The lowest BCUT2D eigenvalue weighted by atomic mass is 10.0. The van der Waals surface area contributed by atoms with Gasteiger partial charge in [-0.05, 0) is 39.7 Å². The zero-order valence-electron chi connectivity index (χ0n) is 16.4. The van der Waals surface area contributed by atoms with Crippen LogP contribution in [-0.2, 0) is 11.2 Å². The van der Waals surface area contributed by atoms with Gasteiger partial charge in [0.2, 0.25) is 11.8 Å². The molecule has 2 aromatic rings. The first-order chi connectivity index (χ1) is 15.0. The third kappa shape index (κ3) is 6.31. The number of hydrogen-bond donors (Lipinski definition) is 1. The van der Waals surface area contributed by atoms with Crippen LogP contribution in [-0.4, -0.2) is 53.4 Å². The minimum atomic E-state index is -4.80. The highest BCUT2D eigenvalue weighted by Crippen LogP contribution is 2.26. The van der Waals surface area contributed by atoms with Crippen molar-refractivity contribution in [1.29, 1.82) is 0 Å². The first-order valence-corrected chi connectivity index (χ1v) is 10.2. The lowest BCUT2D eigenvalue weighted by Crippen LogP contribution is -2.49. The summed E-state index contributed by atoms with van der Waals surface area (Å²) in [4.78, 5) is 29.4. The van der Waals surface area contributed by atoms with E-state index >= 15 is 0 Å². The Hall–Kier alpha value is -2.89. The highest BCUT2D eigenvalue weighted by Gasteiger charge is 2.34. The van der Waals surface area contributed by atoms with Crippen LogP contribution >= 0.6 is 15.9 Å². The second-order valence-electron chi connectivity index (χ2n) is 7.04. The molecule has 2 heterocycles. The van der Waals surface area contributed by atoms with Crippen LogP contribution in [0.1, 0.15) is 22.3 Å². The van der Waals surface area contributed by atoms with Gasteiger partial charge in [-0.1, -0.05) is 12.1 Å². The number of nitrogens with zero attached hydrogens (tertiary/aromatic N) is 2. The number of nitrogens with two attached hydrogens (primary N) is 1. The predicted octanol–water partition coefficient (Wildman–Crippen LogP) is 3.40. The zero-order valence-corrected chi connectivity index (χ0v) is 18.0. The van der Waals surface area contributed by atoms with Gasteiger partial charge in [0.05, 0.1) is 13.0 Å². The van der Waals surface area contributed by atoms with Gasteiger partial charge in [0.25, 0.3) is 5.91 Å². The largest absolute Gasteiger partial charge is 0.573 e. The quantitative estimate of drug-likeness (QED) is 0.590. The molecule has 0 radical (unpaired) electrons. The van der Waals surface area contributed by atoms with E-state index in [1.165, 1.54) is 29.3 Å². The monoisotopic (exact) mass is 519 g/mol. The number of halogens is 5. The minimum absolute atomic E-state index is 0.00281. The molecule has 0 unspecified atom stereocenters. The molecule has 1 fully saturated rings. The van der Waals surface area contributed by atoms with Crippen LogP contribution in [0.5, 0.6) is 11.6 Å². The first-order valence-electron chi connectivity index (χ1n) is 9.40. The van der Waals surface area contributed by atoms with Gasteiger partial charge in [-0.25, -0.2) is 9.37 Å². The molecule has 32 heavy (non-hydrogen) atoms. The van der Waals surface area contributed by atoms with Crippen molar-refractivity contribution in [2.75, 3.05) is 13.1 Å². The molecule has 1 aliphatic rings. The molecule has 2 atom stereocenters. The number of piperidine rings is 1. The van der Waals surface area contributed by atoms with Gasteiger partial charge >= 0.3 is 6.36 Å². The molecule has 0 saturated carbocycles. The number of likely N-dealkylation sites (tertiary alicyclic amines) is 1. The summed E-state index contributed by atoms with van der Waals surface area (Å²) in [7, 11) is 0. The van der Waals surface area contributed by atoms with Gasteiger partial charge in [0.1, 0.15) is 17.4 Å². The maximum atomic E-state index is 14.7. The smallest absolute Gasteiger partial charge is 0.471 e. The summed E-state index contributed by atoms with van der Waals surface area (Å²) in [5.41, 5.74) is 5.77. The number of primary amides is 1. The Bertz CT molecular complexity index is 988. The summed E-state index contributed by atoms with van der Waals surface area (Å²) in [5, 5.41) is 0. The topological polar surface area (TPSA) is 94.8 Å². The fourth-order valence-corrected chi connectivity index (χ4v) is 3.51. The number of ether oxygens (including phenoxy) is 2. The van der Waals surface area contributed by atoms with Crippen molar-refractivity contribution in [2.24, 2.45) is 5.73 Å². The molecule has 7 nitrogen and oxygen atoms in total. The summed E-state index contributed by atoms with van der Waals surface area (Å²) in [6.07, 6.45) is -5.83. The molecule has 0 bridgehead atoms. The van der Waals surface area contributed by atoms with Crippen LogP contribution in [0.2, 0.25) is 0 Å². The Morgan fingerprint density at radius 2 is 1.94 bits per heavy atom. The van der Waals surface area contributed by atoms with Crippen molar-refractivity contribution in [3.63, 3.8) is 0 Å². The molecule has 0 aliphatic carbocycles. The maximum absolute atomic E-state index is 14.7. The number of alkyl halides is 4. The molecule has 12 heteroatoms. The maximum Gasteiger partial charge on any atom is 0.573 e. The van der Waals surface area contributed by atoms with E-state index in [0.29, 0.717) is 10.0 Å². The first kappa shape index (κ1) is 23.8. The molecular formula is C20H18BrF4N3O4. The van der Waals surface area contributed by atoms with E-state index in [2.05, 4.69) is 25.7 Å². The van der Waals surface area contributed by atoms with E-state index in [0.717, 1.165) is 12.1 Å². The molecule has 172 valence electrons. The standard InChI is InChI=1S/C20H18BrF4N3O4/c21-12-8-14(18(26)30)19(27-9-12)31-16-5-6-28(10-15(16)22)17(29)7-11-1-3-13(4-2-11)32-20(23,24)25/h1-4,8-9,15-16H,5-7,10H2,(H2,26,30)/t15-,16+/m0/s1. The SMILES string of the molecule is NC(=O)c1cc(Br)cnc1O[C@@H]1CCN(C(=O)Cc2ccc(OC(F)(F)F)cc2)C[C@@H]1F. The van der Waals surface area contributed by atoms with Gasteiger partial charge in [-0.2, -0.15) is 0 Å².